The van der Waals surface area contributed by atoms with Crippen LogP contribution in [-0.2, 0) is 10.0 Å². The number of hydrogen-bond acceptors (Lipinski definition) is 4. The Morgan fingerprint density at radius 2 is 1.84 bits per heavy atom. The quantitative estimate of drug-likeness (QED) is 0.625. The van der Waals surface area contributed by atoms with Gasteiger partial charge >= 0.3 is 0 Å². The van der Waals surface area contributed by atoms with Crippen LogP contribution in [0.25, 0.3) is 0 Å². The Labute approximate surface area is 110 Å². The van der Waals surface area contributed by atoms with Gasteiger partial charge in [0.05, 0.1) is 17.9 Å². The SMILES string of the molecule is CS(=O)(=O)NCCNCC(O)c1c(F)cccc1F. The standard InChI is InChI=1S/C11H16F2N2O3S/c1-19(17,18)15-6-5-14-7-10(16)11-8(12)3-2-4-9(11)13/h2-4,10,14-16H,5-7H2,1H3. The summed E-state index contributed by atoms with van der Waals surface area (Å²) in [5.41, 5.74) is -0.397. The van der Waals surface area contributed by atoms with Crippen molar-refractivity contribution in [3.63, 3.8) is 0 Å². The molecule has 5 nitrogen and oxygen atoms in total. The van der Waals surface area contributed by atoms with E-state index in [-0.39, 0.29) is 19.6 Å². The Bertz CT molecular complexity index is 502. The molecule has 1 aromatic carbocycles. The van der Waals surface area contributed by atoms with Gasteiger partial charge < -0.3 is 10.4 Å². The number of nitrogens with one attached hydrogen (secondary N) is 2. The number of rotatable bonds is 7. The van der Waals surface area contributed by atoms with Crippen molar-refractivity contribution in [3.05, 3.63) is 35.4 Å². The van der Waals surface area contributed by atoms with Crippen LogP contribution in [0.15, 0.2) is 18.2 Å². The largest absolute Gasteiger partial charge is 0.387 e. The molecule has 0 aliphatic carbocycles. The van der Waals surface area contributed by atoms with Crippen LogP contribution in [0, 0.1) is 11.6 Å². The number of aliphatic hydroxyl groups excluding tert-OH is 1. The highest BCUT2D eigenvalue weighted by molar-refractivity contribution is 7.88. The van der Waals surface area contributed by atoms with E-state index in [0.717, 1.165) is 18.4 Å². The lowest BCUT2D eigenvalue weighted by molar-refractivity contribution is 0.165. The van der Waals surface area contributed by atoms with Gasteiger partial charge in [0.2, 0.25) is 10.0 Å². The monoisotopic (exact) mass is 294 g/mol. The molecule has 0 bridgehead atoms. The summed E-state index contributed by atoms with van der Waals surface area (Å²) in [4.78, 5) is 0. The van der Waals surface area contributed by atoms with Gasteiger partial charge in [-0.05, 0) is 12.1 Å². The Morgan fingerprint density at radius 1 is 1.26 bits per heavy atom. The zero-order chi connectivity index (χ0) is 14.5. The Balaban J connectivity index is 2.42. The zero-order valence-electron chi connectivity index (χ0n) is 10.4. The number of aliphatic hydroxyl groups is 1. The third-order valence-electron chi connectivity index (χ3n) is 2.34. The molecule has 0 spiro atoms. The van der Waals surface area contributed by atoms with Crippen molar-refractivity contribution in [3.8, 4) is 0 Å². The van der Waals surface area contributed by atoms with Crippen molar-refractivity contribution in [1.29, 1.82) is 0 Å². The van der Waals surface area contributed by atoms with Gasteiger partial charge in [0, 0.05) is 19.6 Å². The van der Waals surface area contributed by atoms with Crippen LogP contribution in [0.5, 0.6) is 0 Å². The summed E-state index contributed by atoms with van der Waals surface area (Å²) >= 11 is 0. The number of sulfonamides is 1. The second-order valence-electron chi connectivity index (χ2n) is 4.02. The average Bonchev–Trinajstić information content (AvgIpc) is 2.26. The highest BCUT2D eigenvalue weighted by Crippen LogP contribution is 2.19. The van der Waals surface area contributed by atoms with Crippen LogP contribution in [0.4, 0.5) is 8.78 Å². The van der Waals surface area contributed by atoms with Gasteiger partial charge in [-0.3, -0.25) is 0 Å². The number of halogens is 2. The van der Waals surface area contributed by atoms with Gasteiger partial charge in [-0.25, -0.2) is 21.9 Å². The minimum atomic E-state index is -3.26. The first-order valence-electron chi connectivity index (χ1n) is 5.58. The summed E-state index contributed by atoms with van der Waals surface area (Å²) in [6.07, 6.45) is -0.309. The highest BCUT2D eigenvalue weighted by atomic mass is 32.2. The predicted molar refractivity (Wildman–Crippen MR) is 67.0 cm³/mol. The molecule has 1 atom stereocenters. The van der Waals surface area contributed by atoms with Crippen LogP contribution >= 0.6 is 0 Å². The van der Waals surface area contributed by atoms with E-state index in [2.05, 4.69) is 10.0 Å². The molecule has 0 fully saturated rings. The smallest absolute Gasteiger partial charge is 0.208 e. The lowest BCUT2D eigenvalue weighted by atomic mass is 10.1. The third-order valence-corrected chi connectivity index (χ3v) is 3.07. The topological polar surface area (TPSA) is 78.4 Å². The molecule has 0 aliphatic rings. The van der Waals surface area contributed by atoms with Gasteiger partial charge in [0.25, 0.3) is 0 Å². The maximum Gasteiger partial charge on any atom is 0.208 e. The first-order chi connectivity index (χ1) is 8.81. The maximum absolute atomic E-state index is 13.3. The first-order valence-corrected chi connectivity index (χ1v) is 7.47. The second-order valence-corrected chi connectivity index (χ2v) is 5.85. The summed E-state index contributed by atoms with van der Waals surface area (Å²) in [5, 5.41) is 12.4. The molecule has 19 heavy (non-hydrogen) atoms. The van der Waals surface area contributed by atoms with Gasteiger partial charge in [-0.15, -0.1) is 0 Å². The van der Waals surface area contributed by atoms with Crippen molar-refractivity contribution in [2.75, 3.05) is 25.9 Å². The van der Waals surface area contributed by atoms with Crippen molar-refractivity contribution < 1.29 is 22.3 Å². The highest BCUT2D eigenvalue weighted by Gasteiger charge is 2.17. The number of benzene rings is 1. The Morgan fingerprint density at radius 3 is 2.37 bits per heavy atom. The van der Waals surface area contributed by atoms with Crippen LogP contribution in [-0.4, -0.2) is 39.4 Å². The fraction of sp³-hybridized carbons (Fsp3) is 0.455. The predicted octanol–water partition coefficient (Wildman–Crippen LogP) is 0.137. The maximum atomic E-state index is 13.3. The van der Waals surface area contributed by atoms with E-state index < -0.39 is 33.3 Å². The van der Waals surface area contributed by atoms with E-state index in [9.17, 15) is 22.3 Å². The minimum Gasteiger partial charge on any atom is -0.387 e. The molecule has 0 saturated heterocycles. The molecule has 0 amide bonds. The van der Waals surface area contributed by atoms with Crippen molar-refractivity contribution in [2.45, 2.75) is 6.10 Å². The fourth-order valence-corrected chi connectivity index (χ4v) is 1.97. The first kappa shape index (κ1) is 16.0. The second kappa shape index (κ2) is 6.90. The average molecular weight is 294 g/mol. The van der Waals surface area contributed by atoms with E-state index >= 15 is 0 Å². The van der Waals surface area contributed by atoms with E-state index in [0.29, 0.717) is 0 Å². The normalized spacial score (nSPS) is 13.5. The summed E-state index contributed by atoms with van der Waals surface area (Å²) in [7, 11) is -3.26. The summed E-state index contributed by atoms with van der Waals surface area (Å²) < 4.78 is 50.4. The summed E-state index contributed by atoms with van der Waals surface area (Å²) in [6, 6.07) is 3.34. The summed E-state index contributed by atoms with van der Waals surface area (Å²) in [6.45, 7) is 0.287. The van der Waals surface area contributed by atoms with Crippen molar-refractivity contribution in [2.24, 2.45) is 0 Å². The molecule has 3 N–H and O–H groups in total. The molecule has 1 unspecified atom stereocenters. The molecule has 0 aliphatic heterocycles. The lowest BCUT2D eigenvalue weighted by Crippen LogP contribution is -2.33. The minimum absolute atomic E-state index is 0.0801. The van der Waals surface area contributed by atoms with E-state index in [1.54, 1.807) is 0 Å². The molecular formula is C11H16F2N2O3S. The van der Waals surface area contributed by atoms with Gasteiger partial charge in [-0.1, -0.05) is 6.07 Å². The molecular weight excluding hydrogens is 278 g/mol. The van der Waals surface area contributed by atoms with Crippen LogP contribution in [0.2, 0.25) is 0 Å². The van der Waals surface area contributed by atoms with Crippen molar-refractivity contribution >= 4 is 10.0 Å². The molecule has 0 saturated carbocycles. The molecule has 8 heteroatoms. The number of hydrogen-bond donors (Lipinski definition) is 3. The van der Waals surface area contributed by atoms with Gasteiger partial charge in [0.1, 0.15) is 11.6 Å². The molecule has 0 aromatic heterocycles. The van der Waals surface area contributed by atoms with Crippen molar-refractivity contribution in [1.82, 2.24) is 10.0 Å². The zero-order valence-corrected chi connectivity index (χ0v) is 11.2. The molecule has 0 radical (unpaired) electrons. The Hall–Kier alpha value is -1.09. The van der Waals surface area contributed by atoms with Gasteiger partial charge in [-0.2, -0.15) is 0 Å². The third kappa shape index (κ3) is 5.60. The molecule has 1 aromatic rings. The van der Waals surface area contributed by atoms with E-state index in [1.807, 2.05) is 0 Å². The van der Waals surface area contributed by atoms with E-state index in [1.165, 1.54) is 6.07 Å². The molecule has 1 rings (SSSR count). The van der Waals surface area contributed by atoms with Gasteiger partial charge in [0.15, 0.2) is 0 Å². The fourth-order valence-electron chi connectivity index (χ4n) is 1.49. The Kier molecular flexibility index (Phi) is 5.80. The molecule has 108 valence electrons. The lowest BCUT2D eigenvalue weighted by Gasteiger charge is -2.13. The molecule has 0 heterocycles. The van der Waals surface area contributed by atoms with Crippen LogP contribution in [0.1, 0.15) is 11.7 Å². The van der Waals surface area contributed by atoms with Crippen LogP contribution in [0.3, 0.4) is 0 Å². The summed E-state index contributed by atoms with van der Waals surface area (Å²) in [5.74, 6) is -1.63. The van der Waals surface area contributed by atoms with E-state index in [4.69, 9.17) is 0 Å². The van der Waals surface area contributed by atoms with Crippen LogP contribution < -0.4 is 10.0 Å².